The number of esters is 1. The summed E-state index contributed by atoms with van der Waals surface area (Å²) in [6.07, 6.45) is -0.921. The minimum atomic E-state index is -0.921. The fourth-order valence-electron chi connectivity index (χ4n) is 1.74. The number of halogens is 1. The Hall–Kier alpha value is -2.05. The van der Waals surface area contributed by atoms with Crippen molar-refractivity contribution in [3.8, 4) is 5.75 Å². The first-order valence-electron chi connectivity index (χ1n) is 6.99. The van der Waals surface area contributed by atoms with E-state index in [9.17, 15) is 9.59 Å². The Bertz CT molecular complexity index is 684. The molecule has 2 rings (SSSR count). The van der Waals surface area contributed by atoms with E-state index in [1.165, 1.54) is 6.92 Å². The number of rotatable bonds is 6. The van der Waals surface area contributed by atoms with Gasteiger partial charge >= 0.3 is 5.97 Å². The first-order valence-corrected chi connectivity index (χ1v) is 8.19. The van der Waals surface area contributed by atoms with Gasteiger partial charge in [-0.2, -0.15) is 0 Å². The van der Waals surface area contributed by atoms with Gasteiger partial charge in [0.2, 0.25) is 0 Å². The SMILES string of the molecule is CCOc1ccc(NC(=O)C(C)OC(=O)c2ccc(Cl)s2)cc1. The molecule has 0 fully saturated rings. The van der Waals surface area contributed by atoms with E-state index >= 15 is 0 Å². The maximum atomic E-state index is 12.1. The average Bonchev–Trinajstić information content (AvgIpc) is 2.96. The molecular weight excluding hydrogens is 338 g/mol. The lowest BCUT2D eigenvalue weighted by molar-refractivity contribution is -0.123. The van der Waals surface area contributed by atoms with Crippen LogP contribution in [0.2, 0.25) is 4.34 Å². The van der Waals surface area contributed by atoms with Crippen LogP contribution < -0.4 is 10.1 Å². The van der Waals surface area contributed by atoms with Gasteiger partial charge in [-0.05, 0) is 50.2 Å². The van der Waals surface area contributed by atoms with Crippen molar-refractivity contribution in [3.63, 3.8) is 0 Å². The summed E-state index contributed by atoms with van der Waals surface area (Å²) < 4.78 is 10.9. The number of carbonyl (C=O) groups excluding carboxylic acids is 2. The maximum absolute atomic E-state index is 12.1. The molecule has 0 bridgehead atoms. The Balaban J connectivity index is 1.90. The Morgan fingerprint density at radius 1 is 1.22 bits per heavy atom. The number of hydrogen-bond donors (Lipinski definition) is 1. The largest absolute Gasteiger partial charge is 0.494 e. The van der Waals surface area contributed by atoms with Crippen molar-refractivity contribution in [1.82, 2.24) is 0 Å². The summed E-state index contributed by atoms with van der Waals surface area (Å²) in [7, 11) is 0. The highest BCUT2D eigenvalue weighted by Crippen LogP contribution is 2.22. The van der Waals surface area contributed by atoms with Crippen molar-refractivity contribution in [1.29, 1.82) is 0 Å². The molecule has 1 N–H and O–H groups in total. The van der Waals surface area contributed by atoms with Gasteiger partial charge in [-0.25, -0.2) is 4.79 Å². The average molecular weight is 354 g/mol. The second kappa shape index (κ2) is 7.99. The molecule has 0 saturated carbocycles. The molecule has 122 valence electrons. The van der Waals surface area contributed by atoms with E-state index in [0.29, 0.717) is 21.5 Å². The van der Waals surface area contributed by atoms with Gasteiger partial charge in [0, 0.05) is 5.69 Å². The monoisotopic (exact) mass is 353 g/mol. The zero-order chi connectivity index (χ0) is 16.8. The number of ether oxygens (including phenoxy) is 2. The third-order valence-electron chi connectivity index (χ3n) is 2.86. The summed E-state index contributed by atoms with van der Waals surface area (Å²) in [5.74, 6) is -0.263. The highest BCUT2D eigenvalue weighted by molar-refractivity contribution is 7.17. The van der Waals surface area contributed by atoms with Gasteiger partial charge in [0.1, 0.15) is 10.6 Å². The summed E-state index contributed by atoms with van der Waals surface area (Å²) in [4.78, 5) is 24.3. The van der Waals surface area contributed by atoms with E-state index in [-0.39, 0.29) is 0 Å². The number of carbonyl (C=O) groups is 2. The molecule has 0 aliphatic heterocycles. The number of anilines is 1. The van der Waals surface area contributed by atoms with Crippen molar-refractivity contribution in [2.75, 3.05) is 11.9 Å². The Morgan fingerprint density at radius 3 is 2.48 bits per heavy atom. The molecule has 0 aliphatic carbocycles. The number of benzene rings is 1. The normalized spacial score (nSPS) is 11.6. The standard InChI is InChI=1S/C16H16ClNO4S/c1-3-21-12-6-4-11(5-7-12)18-15(19)10(2)22-16(20)13-8-9-14(17)23-13/h4-10H,3H2,1-2H3,(H,18,19). The molecule has 5 nitrogen and oxygen atoms in total. The Kier molecular flexibility index (Phi) is 6.01. The lowest BCUT2D eigenvalue weighted by Crippen LogP contribution is -2.29. The summed E-state index contributed by atoms with van der Waals surface area (Å²) in [5, 5.41) is 2.68. The quantitative estimate of drug-likeness (QED) is 0.798. The topological polar surface area (TPSA) is 64.6 Å². The first kappa shape index (κ1) is 17.3. The van der Waals surface area contributed by atoms with Crippen LogP contribution in [0, 0.1) is 0 Å². The van der Waals surface area contributed by atoms with Crippen LogP contribution in [0.1, 0.15) is 23.5 Å². The summed E-state index contributed by atoms with van der Waals surface area (Å²) in [6, 6.07) is 10.1. The highest BCUT2D eigenvalue weighted by atomic mass is 35.5. The predicted molar refractivity (Wildman–Crippen MR) is 90.4 cm³/mol. The van der Waals surface area contributed by atoms with Crippen LogP contribution in [0.15, 0.2) is 36.4 Å². The number of thiophene rings is 1. The van der Waals surface area contributed by atoms with Crippen LogP contribution in [-0.2, 0) is 9.53 Å². The molecule has 0 aliphatic rings. The predicted octanol–water partition coefficient (Wildman–Crippen LogP) is 3.98. The molecule has 0 radical (unpaired) electrons. The summed E-state index contributed by atoms with van der Waals surface area (Å²) in [6.45, 7) is 3.98. The van der Waals surface area contributed by atoms with Crippen LogP contribution in [0.4, 0.5) is 5.69 Å². The highest BCUT2D eigenvalue weighted by Gasteiger charge is 2.20. The molecule has 23 heavy (non-hydrogen) atoms. The molecule has 1 aromatic carbocycles. The van der Waals surface area contributed by atoms with Crippen LogP contribution in [0.25, 0.3) is 0 Å². The van der Waals surface area contributed by atoms with E-state index in [1.807, 2.05) is 6.92 Å². The fourth-order valence-corrected chi connectivity index (χ4v) is 2.67. The van der Waals surface area contributed by atoms with Crippen LogP contribution in [0.5, 0.6) is 5.75 Å². The summed E-state index contributed by atoms with van der Waals surface area (Å²) >= 11 is 6.87. The summed E-state index contributed by atoms with van der Waals surface area (Å²) in [5.41, 5.74) is 0.598. The third-order valence-corrected chi connectivity index (χ3v) is 4.07. The fraction of sp³-hybridized carbons (Fsp3) is 0.250. The molecule has 0 saturated heterocycles. The molecule has 1 heterocycles. The van der Waals surface area contributed by atoms with Crippen LogP contribution in [0.3, 0.4) is 0 Å². The zero-order valence-corrected chi connectivity index (χ0v) is 14.2. The second-order valence-electron chi connectivity index (χ2n) is 4.60. The minimum Gasteiger partial charge on any atom is -0.494 e. The lowest BCUT2D eigenvalue weighted by atomic mass is 10.3. The molecule has 7 heteroatoms. The smallest absolute Gasteiger partial charge is 0.349 e. The number of nitrogens with one attached hydrogen (secondary N) is 1. The number of hydrogen-bond acceptors (Lipinski definition) is 5. The molecule has 2 aromatic rings. The molecule has 1 unspecified atom stereocenters. The lowest BCUT2D eigenvalue weighted by Gasteiger charge is -2.13. The molecule has 1 atom stereocenters. The van der Waals surface area contributed by atoms with Crippen molar-refractivity contribution in [2.24, 2.45) is 0 Å². The molecule has 1 amide bonds. The van der Waals surface area contributed by atoms with E-state index in [1.54, 1.807) is 36.4 Å². The zero-order valence-electron chi connectivity index (χ0n) is 12.7. The second-order valence-corrected chi connectivity index (χ2v) is 6.31. The number of amides is 1. The first-order chi connectivity index (χ1) is 11.0. The minimum absolute atomic E-state index is 0.357. The van der Waals surface area contributed by atoms with Crippen LogP contribution in [-0.4, -0.2) is 24.6 Å². The van der Waals surface area contributed by atoms with E-state index in [0.717, 1.165) is 17.1 Å². The van der Waals surface area contributed by atoms with Gasteiger partial charge in [0.25, 0.3) is 5.91 Å². The third kappa shape index (κ3) is 4.97. The van der Waals surface area contributed by atoms with Gasteiger partial charge in [-0.1, -0.05) is 11.6 Å². The van der Waals surface area contributed by atoms with E-state index in [4.69, 9.17) is 21.1 Å². The van der Waals surface area contributed by atoms with Gasteiger partial charge in [0.15, 0.2) is 6.10 Å². The Labute approximate surface area is 143 Å². The molecular formula is C16H16ClNO4S. The van der Waals surface area contributed by atoms with Crippen molar-refractivity contribution in [3.05, 3.63) is 45.6 Å². The van der Waals surface area contributed by atoms with Gasteiger partial charge in [0.05, 0.1) is 10.9 Å². The Morgan fingerprint density at radius 2 is 1.91 bits per heavy atom. The van der Waals surface area contributed by atoms with Crippen molar-refractivity contribution in [2.45, 2.75) is 20.0 Å². The molecule has 0 spiro atoms. The van der Waals surface area contributed by atoms with E-state index < -0.39 is 18.0 Å². The van der Waals surface area contributed by atoms with Crippen molar-refractivity contribution >= 4 is 40.5 Å². The van der Waals surface area contributed by atoms with Crippen molar-refractivity contribution < 1.29 is 19.1 Å². The maximum Gasteiger partial charge on any atom is 0.349 e. The van der Waals surface area contributed by atoms with Gasteiger partial charge in [-0.3, -0.25) is 4.79 Å². The van der Waals surface area contributed by atoms with Crippen LogP contribution >= 0.6 is 22.9 Å². The van der Waals surface area contributed by atoms with Gasteiger partial charge in [-0.15, -0.1) is 11.3 Å². The van der Waals surface area contributed by atoms with Gasteiger partial charge < -0.3 is 14.8 Å². The molecule has 1 aromatic heterocycles. The van der Waals surface area contributed by atoms with E-state index in [2.05, 4.69) is 5.32 Å².